The van der Waals surface area contributed by atoms with Crippen molar-refractivity contribution in [2.75, 3.05) is 11.9 Å². The Bertz CT molecular complexity index is 1100. The number of aryl methyl sites for hydroxylation is 2. The van der Waals surface area contributed by atoms with Crippen LogP contribution in [-0.2, 0) is 29.3 Å². The first-order chi connectivity index (χ1) is 13.8. The lowest BCUT2D eigenvalue weighted by molar-refractivity contribution is 0.224. The van der Waals surface area contributed by atoms with E-state index in [2.05, 4.69) is 14.8 Å². The van der Waals surface area contributed by atoms with Crippen LogP contribution >= 0.6 is 0 Å². The van der Waals surface area contributed by atoms with Gasteiger partial charge in [0.1, 0.15) is 4.90 Å². The van der Waals surface area contributed by atoms with E-state index in [1.165, 1.54) is 10.9 Å². The first-order valence-electron chi connectivity index (χ1n) is 9.66. The predicted octanol–water partition coefficient (Wildman–Crippen LogP) is 3.35. The van der Waals surface area contributed by atoms with Gasteiger partial charge in [-0.25, -0.2) is 23.2 Å². The van der Waals surface area contributed by atoms with Gasteiger partial charge in [-0.15, -0.1) is 4.36 Å². The minimum absolute atomic E-state index is 0.0386. The van der Waals surface area contributed by atoms with Crippen molar-refractivity contribution in [1.82, 2.24) is 9.78 Å². The summed E-state index contributed by atoms with van der Waals surface area (Å²) in [6.07, 6.45) is 4.47. The summed E-state index contributed by atoms with van der Waals surface area (Å²) < 4.78 is 38.7. The number of anilines is 1. The monoisotopic (exact) mass is 421 g/mol. The Hall–Kier alpha value is -2.46. The highest BCUT2D eigenvalue weighted by Crippen LogP contribution is 2.36. The number of carbonyl (C=O) groups excluding carboxylic acids is 1. The third-order valence-electron chi connectivity index (χ3n) is 5.27. The van der Waals surface area contributed by atoms with Crippen molar-refractivity contribution in [3.05, 3.63) is 34.8 Å². The Morgan fingerprint density at radius 1 is 1.41 bits per heavy atom. The van der Waals surface area contributed by atoms with Crippen LogP contribution in [0.3, 0.4) is 0 Å². The summed E-state index contributed by atoms with van der Waals surface area (Å²) in [5.41, 5.74) is 2.44. The molecule has 0 saturated carbocycles. The number of hydrogen-bond acceptors (Lipinski definition) is 4. The summed E-state index contributed by atoms with van der Waals surface area (Å²) in [6.45, 7) is 4.84. The number of nitrogens with zero attached hydrogens (tertiary/aromatic N) is 3. The number of nitrogens with one attached hydrogen (secondary N) is 1. The van der Waals surface area contributed by atoms with Gasteiger partial charge in [-0.05, 0) is 41.9 Å². The Morgan fingerprint density at radius 2 is 2.21 bits per heavy atom. The quantitative estimate of drug-likeness (QED) is 0.791. The van der Waals surface area contributed by atoms with Crippen LogP contribution in [0.2, 0.25) is 0 Å². The SMILES string of the molecule is CC(C)c1cc2c(c(NC(=O)N=S(N)(=O)c3cnn4c3OCCC4)c1F)CCC2. The second-order valence-corrected chi connectivity index (χ2v) is 9.39. The van der Waals surface area contributed by atoms with Crippen LogP contribution in [0, 0.1) is 5.82 Å². The third kappa shape index (κ3) is 3.62. The number of hydrogen-bond donors (Lipinski definition) is 2. The molecule has 1 aliphatic heterocycles. The van der Waals surface area contributed by atoms with Crippen molar-refractivity contribution in [2.24, 2.45) is 9.50 Å². The normalized spacial score (nSPS) is 17.3. The Balaban J connectivity index is 1.68. The summed E-state index contributed by atoms with van der Waals surface area (Å²) in [6, 6.07) is 0.916. The summed E-state index contributed by atoms with van der Waals surface area (Å²) in [5, 5.41) is 12.4. The molecular formula is C19H24FN5O3S. The smallest absolute Gasteiger partial charge is 0.354 e. The van der Waals surface area contributed by atoms with Gasteiger partial charge in [0.15, 0.2) is 15.7 Å². The van der Waals surface area contributed by atoms with E-state index >= 15 is 4.39 Å². The maximum absolute atomic E-state index is 15.1. The number of rotatable bonds is 3. The summed E-state index contributed by atoms with van der Waals surface area (Å²) in [7, 11) is -3.60. The highest BCUT2D eigenvalue weighted by molar-refractivity contribution is 7.91. The highest BCUT2D eigenvalue weighted by atomic mass is 32.2. The minimum Gasteiger partial charge on any atom is -0.477 e. The number of aromatic nitrogens is 2. The molecule has 0 fully saturated rings. The molecule has 1 aromatic carbocycles. The number of halogens is 1. The van der Waals surface area contributed by atoms with Gasteiger partial charge in [0.05, 0.1) is 18.5 Å². The molecule has 8 nitrogen and oxygen atoms in total. The molecule has 4 rings (SSSR count). The Kier molecular flexibility index (Phi) is 5.07. The molecule has 156 valence electrons. The lowest BCUT2D eigenvalue weighted by Crippen LogP contribution is -2.21. The van der Waals surface area contributed by atoms with Gasteiger partial charge in [0.2, 0.25) is 5.88 Å². The van der Waals surface area contributed by atoms with Crippen molar-refractivity contribution < 1.29 is 18.1 Å². The van der Waals surface area contributed by atoms with Crippen LogP contribution in [0.25, 0.3) is 0 Å². The zero-order valence-corrected chi connectivity index (χ0v) is 17.2. The molecule has 2 heterocycles. The molecule has 1 aromatic heterocycles. The van der Waals surface area contributed by atoms with Crippen molar-refractivity contribution in [1.29, 1.82) is 0 Å². The van der Waals surface area contributed by atoms with Gasteiger partial charge in [-0.2, -0.15) is 5.10 Å². The summed E-state index contributed by atoms with van der Waals surface area (Å²) in [5.74, 6) is -0.253. The molecule has 10 heteroatoms. The highest BCUT2D eigenvalue weighted by Gasteiger charge is 2.26. The molecule has 1 aliphatic carbocycles. The first kappa shape index (κ1) is 19.8. The summed E-state index contributed by atoms with van der Waals surface area (Å²) >= 11 is 0. The fraction of sp³-hybridized carbons (Fsp3) is 0.474. The van der Waals surface area contributed by atoms with Crippen LogP contribution < -0.4 is 15.2 Å². The van der Waals surface area contributed by atoms with E-state index in [0.717, 1.165) is 30.4 Å². The number of amides is 2. The average Bonchev–Trinajstić information content (AvgIpc) is 3.30. The molecule has 0 spiro atoms. The fourth-order valence-corrected chi connectivity index (χ4v) is 4.84. The maximum atomic E-state index is 15.1. The van der Waals surface area contributed by atoms with Crippen molar-refractivity contribution in [3.8, 4) is 5.88 Å². The van der Waals surface area contributed by atoms with E-state index in [0.29, 0.717) is 25.1 Å². The Morgan fingerprint density at radius 3 is 2.97 bits per heavy atom. The number of benzene rings is 1. The largest absolute Gasteiger partial charge is 0.477 e. The zero-order chi connectivity index (χ0) is 20.8. The third-order valence-corrected chi connectivity index (χ3v) is 6.61. The molecular weight excluding hydrogens is 397 g/mol. The first-order valence-corrected chi connectivity index (χ1v) is 11.2. The molecule has 2 amide bonds. The van der Waals surface area contributed by atoms with Crippen LogP contribution in [-0.4, -0.2) is 26.6 Å². The van der Waals surface area contributed by atoms with E-state index in [1.807, 2.05) is 19.9 Å². The lowest BCUT2D eigenvalue weighted by Gasteiger charge is -2.17. The van der Waals surface area contributed by atoms with Gasteiger partial charge in [0, 0.05) is 13.0 Å². The number of urea groups is 1. The molecule has 2 aromatic rings. The van der Waals surface area contributed by atoms with Gasteiger partial charge in [-0.1, -0.05) is 19.9 Å². The van der Waals surface area contributed by atoms with E-state index in [9.17, 15) is 9.00 Å². The van der Waals surface area contributed by atoms with Crippen molar-refractivity contribution in [2.45, 2.75) is 56.9 Å². The minimum atomic E-state index is -3.60. The number of fused-ring (bicyclic) bond motifs is 2. The molecule has 0 bridgehead atoms. The molecule has 1 atom stereocenters. The van der Waals surface area contributed by atoms with Gasteiger partial charge < -0.3 is 10.1 Å². The fourth-order valence-electron chi connectivity index (χ4n) is 3.84. The van der Waals surface area contributed by atoms with Crippen LogP contribution in [0.5, 0.6) is 5.88 Å². The van der Waals surface area contributed by atoms with E-state index in [4.69, 9.17) is 9.88 Å². The molecule has 29 heavy (non-hydrogen) atoms. The number of ether oxygens (including phenoxy) is 1. The lowest BCUT2D eigenvalue weighted by atomic mass is 9.96. The molecule has 3 N–H and O–H groups in total. The predicted molar refractivity (Wildman–Crippen MR) is 107 cm³/mol. The van der Waals surface area contributed by atoms with Gasteiger partial charge in [0.25, 0.3) is 0 Å². The molecule has 0 saturated heterocycles. The zero-order valence-electron chi connectivity index (χ0n) is 16.4. The molecule has 2 aliphatic rings. The average molecular weight is 421 g/mol. The van der Waals surface area contributed by atoms with Crippen LogP contribution in [0.1, 0.15) is 49.3 Å². The molecule has 0 radical (unpaired) electrons. The van der Waals surface area contributed by atoms with Gasteiger partial charge >= 0.3 is 6.03 Å². The topological polar surface area (TPSA) is 112 Å². The van der Waals surface area contributed by atoms with Gasteiger partial charge in [-0.3, -0.25) is 0 Å². The van der Waals surface area contributed by atoms with Crippen molar-refractivity contribution >= 4 is 21.6 Å². The number of nitrogens with two attached hydrogens (primary N) is 1. The van der Waals surface area contributed by atoms with E-state index in [-0.39, 0.29) is 22.4 Å². The Labute approximate surface area is 168 Å². The number of carbonyl (C=O) groups is 1. The van der Waals surface area contributed by atoms with E-state index < -0.39 is 21.8 Å². The van der Waals surface area contributed by atoms with Crippen molar-refractivity contribution in [3.63, 3.8) is 0 Å². The van der Waals surface area contributed by atoms with Crippen LogP contribution in [0.15, 0.2) is 21.5 Å². The summed E-state index contributed by atoms with van der Waals surface area (Å²) in [4.78, 5) is 12.6. The van der Waals surface area contributed by atoms with Crippen LogP contribution in [0.4, 0.5) is 14.9 Å². The molecule has 1 unspecified atom stereocenters. The second-order valence-electron chi connectivity index (χ2n) is 7.63. The standard InChI is InChI=1S/C19H24FN5O3S/c1-11(2)14-9-12-5-3-6-13(12)17(16(14)20)23-19(26)24-29(21,27)15-10-22-25-7-4-8-28-18(15)25/h9-11H,3-8H2,1-2H3,(H3,21,23,24,26,27). The maximum Gasteiger partial charge on any atom is 0.354 e. The second kappa shape index (κ2) is 7.42. The van der Waals surface area contributed by atoms with E-state index in [1.54, 1.807) is 0 Å².